The van der Waals surface area contributed by atoms with Gasteiger partial charge in [0.05, 0.1) is 0 Å². The molecule has 0 saturated heterocycles. The van der Waals surface area contributed by atoms with Crippen LogP contribution >= 0.6 is 0 Å². The molecule has 0 fully saturated rings. The van der Waals surface area contributed by atoms with Gasteiger partial charge in [0.25, 0.3) is 0 Å². The summed E-state index contributed by atoms with van der Waals surface area (Å²) in [5, 5.41) is 0. The molecule has 1 atom stereocenters. The van der Waals surface area contributed by atoms with Crippen molar-refractivity contribution in [3.05, 3.63) is 65.7 Å². The molecule has 1 aliphatic rings. The minimum atomic E-state index is 0.0577. The van der Waals surface area contributed by atoms with Gasteiger partial charge in [0.1, 0.15) is 0 Å². The Morgan fingerprint density at radius 1 is 1.05 bits per heavy atom. The van der Waals surface area contributed by atoms with Crippen molar-refractivity contribution in [2.45, 2.75) is 12.8 Å². The second-order valence-corrected chi connectivity index (χ2v) is 5.12. The number of hydrogen-bond acceptors (Lipinski definition) is 1. The normalized spacial score (nSPS) is 18.3. The number of anilines is 1. The Morgan fingerprint density at radius 3 is 2.53 bits per heavy atom. The lowest BCUT2D eigenvalue weighted by Gasteiger charge is -2.31. The second-order valence-electron chi connectivity index (χ2n) is 5.12. The van der Waals surface area contributed by atoms with Gasteiger partial charge in [-0.15, -0.1) is 0 Å². The quantitative estimate of drug-likeness (QED) is 0.803. The Hall–Kier alpha value is -2.09. The smallest absolute Gasteiger partial charge is 0.230 e. The summed E-state index contributed by atoms with van der Waals surface area (Å²) in [5.74, 6) is 0.282. The third-order valence-corrected chi connectivity index (χ3v) is 3.82. The fourth-order valence-electron chi connectivity index (χ4n) is 2.81. The van der Waals surface area contributed by atoms with Gasteiger partial charge < -0.3 is 4.90 Å². The summed E-state index contributed by atoms with van der Waals surface area (Å²) in [7, 11) is 1.87. The van der Waals surface area contributed by atoms with Gasteiger partial charge in [-0.05, 0) is 30.0 Å². The van der Waals surface area contributed by atoms with E-state index in [1.807, 2.05) is 43.4 Å². The summed E-state index contributed by atoms with van der Waals surface area (Å²) in [4.78, 5) is 14.2. The summed E-state index contributed by atoms with van der Waals surface area (Å²) in [6.45, 7) is 0. The van der Waals surface area contributed by atoms with Crippen LogP contribution in [-0.2, 0) is 17.6 Å². The van der Waals surface area contributed by atoms with Crippen molar-refractivity contribution in [3.8, 4) is 0 Å². The van der Waals surface area contributed by atoms with Crippen molar-refractivity contribution in [1.82, 2.24) is 0 Å². The van der Waals surface area contributed by atoms with E-state index in [2.05, 4.69) is 18.2 Å². The SMILES string of the molecule is CN1C(=O)C(Cc2ccccc2)Cc2ccccc21. The van der Waals surface area contributed by atoms with Crippen LogP contribution in [0.15, 0.2) is 54.6 Å². The molecular formula is C17H17NO. The average molecular weight is 251 g/mol. The summed E-state index contributed by atoms with van der Waals surface area (Å²) >= 11 is 0. The van der Waals surface area contributed by atoms with Gasteiger partial charge in [-0.2, -0.15) is 0 Å². The zero-order valence-corrected chi connectivity index (χ0v) is 11.0. The number of benzene rings is 2. The first-order valence-electron chi connectivity index (χ1n) is 6.65. The number of para-hydroxylation sites is 1. The third-order valence-electron chi connectivity index (χ3n) is 3.82. The van der Waals surface area contributed by atoms with Crippen LogP contribution in [0.3, 0.4) is 0 Å². The molecule has 19 heavy (non-hydrogen) atoms. The molecule has 1 aliphatic heterocycles. The van der Waals surface area contributed by atoms with Gasteiger partial charge in [0, 0.05) is 18.7 Å². The van der Waals surface area contributed by atoms with Crippen molar-refractivity contribution >= 4 is 11.6 Å². The van der Waals surface area contributed by atoms with E-state index in [9.17, 15) is 4.79 Å². The first-order valence-corrected chi connectivity index (χ1v) is 6.65. The molecule has 0 bridgehead atoms. The van der Waals surface area contributed by atoms with E-state index in [0.29, 0.717) is 0 Å². The van der Waals surface area contributed by atoms with Crippen molar-refractivity contribution < 1.29 is 4.79 Å². The molecule has 1 unspecified atom stereocenters. The highest BCUT2D eigenvalue weighted by Crippen LogP contribution is 2.30. The average Bonchev–Trinajstić information content (AvgIpc) is 2.46. The lowest BCUT2D eigenvalue weighted by molar-refractivity contribution is -0.122. The van der Waals surface area contributed by atoms with Crippen LogP contribution in [0.5, 0.6) is 0 Å². The van der Waals surface area contributed by atoms with Gasteiger partial charge in [-0.1, -0.05) is 48.5 Å². The molecule has 2 nitrogen and oxygen atoms in total. The highest BCUT2D eigenvalue weighted by atomic mass is 16.2. The zero-order chi connectivity index (χ0) is 13.2. The number of amides is 1. The summed E-state index contributed by atoms with van der Waals surface area (Å²) in [6.07, 6.45) is 1.66. The van der Waals surface area contributed by atoms with Crippen LogP contribution < -0.4 is 4.90 Å². The van der Waals surface area contributed by atoms with Crippen LogP contribution in [0, 0.1) is 5.92 Å². The Morgan fingerprint density at radius 2 is 1.74 bits per heavy atom. The van der Waals surface area contributed by atoms with E-state index in [0.717, 1.165) is 18.5 Å². The number of carbonyl (C=O) groups excluding carboxylic acids is 1. The van der Waals surface area contributed by atoms with E-state index >= 15 is 0 Å². The fourth-order valence-corrected chi connectivity index (χ4v) is 2.81. The lowest BCUT2D eigenvalue weighted by Crippen LogP contribution is -2.39. The minimum Gasteiger partial charge on any atom is -0.315 e. The van der Waals surface area contributed by atoms with Gasteiger partial charge in [-0.3, -0.25) is 4.79 Å². The topological polar surface area (TPSA) is 20.3 Å². The molecule has 0 aliphatic carbocycles. The maximum Gasteiger partial charge on any atom is 0.230 e. The first-order chi connectivity index (χ1) is 9.25. The van der Waals surface area contributed by atoms with E-state index in [1.165, 1.54) is 11.1 Å². The zero-order valence-electron chi connectivity index (χ0n) is 11.0. The van der Waals surface area contributed by atoms with Crippen molar-refractivity contribution in [2.75, 3.05) is 11.9 Å². The number of hydrogen-bond donors (Lipinski definition) is 0. The maximum absolute atomic E-state index is 12.4. The van der Waals surface area contributed by atoms with Gasteiger partial charge in [0.2, 0.25) is 5.91 Å². The van der Waals surface area contributed by atoms with Gasteiger partial charge >= 0.3 is 0 Å². The molecule has 3 rings (SSSR count). The summed E-state index contributed by atoms with van der Waals surface area (Å²) < 4.78 is 0. The van der Waals surface area contributed by atoms with Crippen LogP contribution in [0.2, 0.25) is 0 Å². The number of carbonyl (C=O) groups is 1. The Kier molecular flexibility index (Phi) is 3.08. The van der Waals surface area contributed by atoms with E-state index < -0.39 is 0 Å². The van der Waals surface area contributed by atoms with Gasteiger partial charge in [-0.25, -0.2) is 0 Å². The molecule has 96 valence electrons. The molecular weight excluding hydrogens is 234 g/mol. The summed E-state index contributed by atoms with van der Waals surface area (Å²) in [6, 6.07) is 18.4. The first kappa shape index (κ1) is 12.0. The van der Waals surface area contributed by atoms with E-state index in [1.54, 1.807) is 4.90 Å². The van der Waals surface area contributed by atoms with Gasteiger partial charge in [0.15, 0.2) is 0 Å². The molecule has 0 spiro atoms. The Labute approximate surface area is 113 Å². The standard InChI is InChI=1S/C17H17NO/c1-18-16-10-6-5-9-14(16)12-15(17(18)19)11-13-7-3-2-4-8-13/h2-10,15H,11-12H2,1H3. The largest absolute Gasteiger partial charge is 0.315 e. The maximum atomic E-state index is 12.4. The molecule has 0 N–H and O–H groups in total. The predicted molar refractivity (Wildman–Crippen MR) is 77.2 cm³/mol. The molecule has 0 radical (unpaired) electrons. The van der Waals surface area contributed by atoms with E-state index in [4.69, 9.17) is 0 Å². The molecule has 2 aromatic carbocycles. The van der Waals surface area contributed by atoms with Crippen LogP contribution in [-0.4, -0.2) is 13.0 Å². The highest BCUT2D eigenvalue weighted by Gasteiger charge is 2.30. The Bertz CT molecular complexity index is 591. The molecule has 2 aromatic rings. The van der Waals surface area contributed by atoms with Crippen LogP contribution in [0.25, 0.3) is 0 Å². The molecule has 2 heteroatoms. The van der Waals surface area contributed by atoms with E-state index in [-0.39, 0.29) is 11.8 Å². The summed E-state index contributed by atoms with van der Waals surface area (Å²) in [5.41, 5.74) is 3.55. The lowest BCUT2D eigenvalue weighted by atomic mass is 9.87. The third kappa shape index (κ3) is 2.26. The fraction of sp³-hybridized carbons (Fsp3) is 0.235. The number of fused-ring (bicyclic) bond motifs is 1. The molecule has 1 heterocycles. The second kappa shape index (κ2) is 4.88. The van der Waals surface area contributed by atoms with Crippen molar-refractivity contribution in [3.63, 3.8) is 0 Å². The van der Waals surface area contributed by atoms with Crippen molar-refractivity contribution in [1.29, 1.82) is 0 Å². The number of nitrogens with zero attached hydrogens (tertiary/aromatic N) is 1. The Balaban J connectivity index is 1.87. The molecule has 0 saturated carbocycles. The predicted octanol–water partition coefficient (Wildman–Crippen LogP) is 3.06. The monoisotopic (exact) mass is 251 g/mol. The number of rotatable bonds is 2. The van der Waals surface area contributed by atoms with Crippen molar-refractivity contribution in [2.24, 2.45) is 5.92 Å². The van der Waals surface area contributed by atoms with Crippen LogP contribution in [0.4, 0.5) is 5.69 Å². The van der Waals surface area contributed by atoms with Crippen LogP contribution in [0.1, 0.15) is 11.1 Å². The highest BCUT2D eigenvalue weighted by molar-refractivity contribution is 5.97. The molecule has 1 amide bonds. The minimum absolute atomic E-state index is 0.0577. The molecule has 0 aromatic heterocycles.